The van der Waals surface area contributed by atoms with Gasteiger partial charge in [0.25, 0.3) is 0 Å². The third-order valence-electron chi connectivity index (χ3n) is 4.81. The molecule has 30 heavy (non-hydrogen) atoms. The van der Waals surface area contributed by atoms with Crippen molar-refractivity contribution in [3.05, 3.63) is 82.8 Å². The molecule has 0 spiro atoms. The molecule has 1 aliphatic heterocycles. The number of nitrogens with zero attached hydrogens (tertiary/aromatic N) is 2. The van der Waals surface area contributed by atoms with Crippen molar-refractivity contribution in [1.82, 2.24) is 0 Å². The zero-order valence-corrected chi connectivity index (χ0v) is 16.6. The van der Waals surface area contributed by atoms with Crippen LogP contribution < -0.4 is 9.80 Å². The zero-order chi connectivity index (χ0) is 21.8. The lowest BCUT2D eigenvalue weighted by Crippen LogP contribution is -2.27. The molecule has 0 amide bonds. The van der Waals surface area contributed by atoms with Gasteiger partial charge in [0, 0.05) is 43.2 Å². The van der Waals surface area contributed by atoms with Crippen LogP contribution in [0.3, 0.4) is 0 Å². The van der Waals surface area contributed by atoms with Crippen LogP contribution in [0.5, 0.6) is 0 Å². The normalized spacial score (nSPS) is 13.8. The van der Waals surface area contributed by atoms with Crippen LogP contribution in [-0.2, 0) is 11.3 Å². The predicted octanol–water partition coefficient (Wildman–Crippen LogP) is 4.50. The Bertz CT molecular complexity index is 968. The molecule has 0 bridgehead atoms. The second kappa shape index (κ2) is 9.21. The Morgan fingerprint density at radius 2 is 1.77 bits per heavy atom. The van der Waals surface area contributed by atoms with Crippen molar-refractivity contribution in [2.75, 3.05) is 36.5 Å². The van der Waals surface area contributed by atoms with Crippen LogP contribution in [0.15, 0.2) is 53.9 Å². The number of likely N-dealkylation sites (N-methyl/N-ethyl adjacent to an activating group) is 1. The topological polar surface area (TPSA) is 35.9 Å². The number of aliphatic hydroxyl groups is 1. The molecule has 0 saturated carbocycles. The van der Waals surface area contributed by atoms with Crippen molar-refractivity contribution >= 4 is 11.4 Å². The summed E-state index contributed by atoms with van der Waals surface area (Å²) in [5.41, 5.74) is 0.874. The van der Waals surface area contributed by atoms with E-state index < -0.39 is 23.3 Å². The molecule has 0 atom stereocenters. The molecule has 0 unspecified atom stereocenters. The molecule has 0 fully saturated rings. The van der Waals surface area contributed by atoms with Crippen LogP contribution in [0, 0.1) is 23.3 Å². The highest BCUT2D eigenvalue weighted by atomic mass is 19.1. The van der Waals surface area contributed by atoms with Gasteiger partial charge in [-0.15, -0.1) is 0 Å². The Morgan fingerprint density at radius 3 is 2.37 bits per heavy atom. The highest BCUT2D eigenvalue weighted by Crippen LogP contribution is 2.32. The number of halogens is 4. The second-order valence-electron chi connectivity index (χ2n) is 6.93. The molecule has 1 N–H and O–H groups in total. The van der Waals surface area contributed by atoms with Crippen molar-refractivity contribution in [3.63, 3.8) is 0 Å². The summed E-state index contributed by atoms with van der Waals surface area (Å²) in [6.07, 6.45) is 3.22. The van der Waals surface area contributed by atoms with Crippen molar-refractivity contribution in [1.29, 1.82) is 0 Å². The monoisotopic (exact) mass is 422 g/mol. The van der Waals surface area contributed by atoms with Crippen LogP contribution in [0.2, 0.25) is 0 Å². The molecule has 3 rings (SSSR count). The summed E-state index contributed by atoms with van der Waals surface area (Å²) in [7, 11) is 1.63. The number of hydrogen-bond donors (Lipinski definition) is 1. The number of aliphatic hydroxyl groups excluding tert-OH is 1. The summed E-state index contributed by atoms with van der Waals surface area (Å²) >= 11 is 0. The smallest absolute Gasteiger partial charge is 0.151 e. The van der Waals surface area contributed by atoms with Gasteiger partial charge >= 0.3 is 0 Å². The van der Waals surface area contributed by atoms with E-state index in [1.807, 2.05) is 0 Å². The first kappa shape index (κ1) is 21.7. The van der Waals surface area contributed by atoms with Crippen molar-refractivity contribution < 1.29 is 27.4 Å². The van der Waals surface area contributed by atoms with E-state index in [1.165, 1.54) is 23.1 Å². The minimum absolute atomic E-state index is 0.101. The second-order valence-corrected chi connectivity index (χ2v) is 6.93. The molecule has 0 aromatic heterocycles. The molecule has 0 saturated heterocycles. The van der Waals surface area contributed by atoms with Gasteiger partial charge < -0.3 is 19.6 Å². The van der Waals surface area contributed by atoms with E-state index in [2.05, 4.69) is 0 Å². The maximum atomic E-state index is 14.7. The van der Waals surface area contributed by atoms with E-state index in [4.69, 9.17) is 9.84 Å². The maximum absolute atomic E-state index is 14.7. The van der Waals surface area contributed by atoms with Gasteiger partial charge in [-0.1, -0.05) is 0 Å². The minimum Gasteiger partial charge on any atom is -0.489 e. The number of ether oxygens (including phenoxy) is 1. The number of allylic oxidation sites excluding steroid dienone is 2. The molecule has 0 aliphatic carbocycles. The lowest BCUT2D eigenvalue weighted by Gasteiger charge is -2.29. The first-order valence-electron chi connectivity index (χ1n) is 9.34. The Balaban J connectivity index is 1.73. The minimum atomic E-state index is -0.728. The molecule has 160 valence electrons. The molecular weight excluding hydrogens is 400 g/mol. The van der Waals surface area contributed by atoms with Gasteiger partial charge in [0.2, 0.25) is 0 Å². The Morgan fingerprint density at radius 1 is 1.07 bits per heavy atom. The van der Waals surface area contributed by atoms with Crippen molar-refractivity contribution in [2.45, 2.75) is 13.5 Å². The fourth-order valence-electron chi connectivity index (χ4n) is 3.15. The molecular formula is C22H22F4N2O2. The Kier molecular flexibility index (Phi) is 6.66. The summed E-state index contributed by atoms with van der Waals surface area (Å²) in [5.74, 6) is -2.41. The summed E-state index contributed by atoms with van der Waals surface area (Å²) in [5, 5.41) is 9.00. The van der Waals surface area contributed by atoms with Crippen molar-refractivity contribution in [2.24, 2.45) is 0 Å². The molecule has 2 aromatic carbocycles. The zero-order valence-electron chi connectivity index (χ0n) is 16.6. The van der Waals surface area contributed by atoms with Crippen LogP contribution >= 0.6 is 0 Å². The molecule has 0 radical (unpaired) electrons. The average molecular weight is 422 g/mol. The van der Waals surface area contributed by atoms with Crippen LogP contribution in [0.1, 0.15) is 12.5 Å². The first-order chi connectivity index (χ1) is 14.3. The summed E-state index contributed by atoms with van der Waals surface area (Å²) in [4.78, 5) is 3.01. The average Bonchev–Trinajstić information content (AvgIpc) is 2.68. The Labute approximate surface area is 172 Å². The summed E-state index contributed by atoms with van der Waals surface area (Å²) in [6.45, 7) is 1.85. The number of rotatable bonds is 7. The van der Waals surface area contributed by atoms with Gasteiger partial charge in [0.05, 0.1) is 6.61 Å². The van der Waals surface area contributed by atoms with Gasteiger partial charge in [-0.25, -0.2) is 17.6 Å². The van der Waals surface area contributed by atoms with Crippen LogP contribution in [0.25, 0.3) is 0 Å². The van der Waals surface area contributed by atoms with Gasteiger partial charge in [-0.05, 0) is 43.3 Å². The molecule has 4 nitrogen and oxygen atoms in total. The van der Waals surface area contributed by atoms with Gasteiger partial charge in [-0.3, -0.25) is 0 Å². The quantitative estimate of drug-likeness (QED) is 0.667. The highest BCUT2D eigenvalue weighted by molar-refractivity contribution is 5.62. The molecule has 8 heteroatoms. The lowest BCUT2D eigenvalue weighted by atomic mass is 10.1. The van der Waals surface area contributed by atoms with Gasteiger partial charge in [-0.2, -0.15) is 0 Å². The van der Waals surface area contributed by atoms with E-state index in [0.29, 0.717) is 17.1 Å². The lowest BCUT2D eigenvalue weighted by molar-refractivity contribution is 0.205. The van der Waals surface area contributed by atoms with E-state index in [0.717, 1.165) is 12.1 Å². The van der Waals surface area contributed by atoms with Crippen molar-refractivity contribution in [3.8, 4) is 0 Å². The summed E-state index contributed by atoms with van der Waals surface area (Å²) < 4.78 is 61.7. The number of benzene rings is 2. The Hall–Kier alpha value is -3.00. The molecule has 1 heterocycles. The first-order valence-corrected chi connectivity index (χ1v) is 9.34. The fourth-order valence-corrected chi connectivity index (χ4v) is 3.15. The maximum Gasteiger partial charge on any atom is 0.151 e. The van der Waals surface area contributed by atoms with E-state index in [-0.39, 0.29) is 37.6 Å². The fraction of sp³-hybridized carbons (Fsp3) is 0.273. The predicted molar refractivity (Wildman–Crippen MR) is 107 cm³/mol. The standard InChI is InChI=1S/C22H22F4N2O2/c1-14-9-18(30-13-15-3-4-16(23)10-19(15)24)5-6-28(14)22-20(25)11-17(12-21(22)26)27(2)7-8-29/h3-5,9-12,29H,6-8,13H2,1-2H3. The molecule has 2 aromatic rings. The SMILES string of the molecule is CC1=CC(OCc2ccc(F)cc2F)=CCN1c1c(F)cc(N(C)CCO)cc1F. The third kappa shape index (κ3) is 4.76. The number of anilines is 2. The van der Waals surface area contributed by atoms with Crippen LogP contribution in [0.4, 0.5) is 28.9 Å². The summed E-state index contributed by atoms with van der Waals surface area (Å²) in [6, 6.07) is 5.66. The highest BCUT2D eigenvalue weighted by Gasteiger charge is 2.22. The number of hydrogen-bond acceptors (Lipinski definition) is 4. The molecule has 1 aliphatic rings. The van der Waals surface area contributed by atoms with E-state index in [9.17, 15) is 17.6 Å². The largest absolute Gasteiger partial charge is 0.489 e. The van der Waals surface area contributed by atoms with E-state index in [1.54, 1.807) is 31.0 Å². The van der Waals surface area contributed by atoms with E-state index >= 15 is 0 Å². The van der Waals surface area contributed by atoms with Gasteiger partial charge in [0.1, 0.15) is 29.7 Å². The van der Waals surface area contributed by atoms with Gasteiger partial charge in [0.15, 0.2) is 11.6 Å². The third-order valence-corrected chi connectivity index (χ3v) is 4.81. The van der Waals surface area contributed by atoms with Crippen LogP contribution in [-0.4, -0.2) is 31.9 Å².